The molecule has 3 saturated carbocycles. The Labute approximate surface area is 240 Å². The number of sulfonamides is 2. The molecule has 3 heterocycles. The molecule has 40 heavy (non-hydrogen) atoms. The Morgan fingerprint density at radius 2 is 1.93 bits per heavy atom. The molecule has 0 unspecified atom stereocenters. The Morgan fingerprint density at radius 1 is 1.23 bits per heavy atom. The maximum Gasteiger partial charge on any atom is 0.287 e. The number of aliphatic hydroxyl groups is 1. The van der Waals surface area contributed by atoms with Crippen LogP contribution in [0.1, 0.15) is 36.8 Å². The molecule has 1 aromatic heterocycles. The van der Waals surface area contributed by atoms with Crippen LogP contribution in [-0.2, 0) is 37.9 Å². The summed E-state index contributed by atoms with van der Waals surface area (Å²) >= 11 is 7.35. The van der Waals surface area contributed by atoms with Gasteiger partial charge in [-0.2, -0.15) is 8.42 Å². The van der Waals surface area contributed by atoms with E-state index in [4.69, 9.17) is 11.6 Å². The summed E-state index contributed by atoms with van der Waals surface area (Å²) in [5.41, 5.74) is 0.531. The fourth-order valence-corrected chi connectivity index (χ4v) is 9.78. The summed E-state index contributed by atoms with van der Waals surface area (Å²) in [5.74, 6) is -1.69. The molecule has 3 aliphatic carbocycles. The maximum absolute atomic E-state index is 14.1. The first-order valence-electron chi connectivity index (χ1n) is 12.7. The first-order valence-corrected chi connectivity index (χ1v) is 17.3. The van der Waals surface area contributed by atoms with Gasteiger partial charge in [-0.3, -0.25) is 4.79 Å². The lowest BCUT2D eigenvalue weighted by atomic mass is 9.59. The van der Waals surface area contributed by atoms with Crippen molar-refractivity contribution in [3.63, 3.8) is 0 Å². The van der Waals surface area contributed by atoms with Crippen LogP contribution in [-0.4, -0.2) is 50.9 Å². The van der Waals surface area contributed by atoms with Crippen molar-refractivity contribution in [3.8, 4) is 0 Å². The van der Waals surface area contributed by atoms with Crippen LogP contribution in [0.5, 0.6) is 0 Å². The lowest BCUT2D eigenvalue weighted by Crippen LogP contribution is -2.60. The van der Waals surface area contributed by atoms with Gasteiger partial charge in [0.05, 0.1) is 6.26 Å². The molecule has 3 fully saturated rings. The highest BCUT2D eigenvalue weighted by molar-refractivity contribution is 7.91. The second-order valence-corrected chi connectivity index (χ2v) is 15.3. The number of nitrogens with one attached hydrogen (secondary N) is 2. The monoisotopic (exact) mass is 628 g/mol. The van der Waals surface area contributed by atoms with Gasteiger partial charge in [0.25, 0.3) is 15.9 Å². The van der Waals surface area contributed by atoms with Crippen molar-refractivity contribution in [1.82, 2.24) is 9.62 Å². The molecule has 7 rings (SSSR count). The van der Waals surface area contributed by atoms with Gasteiger partial charge in [0.15, 0.2) is 5.84 Å². The Bertz CT molecular complexity index is 1700. The quantitative estimate of drug-likeness (QED) is 0.442. The minimum absolute atomic E-state index is 0.0602. The van der Waals surface area contributed by atoms with E-state index in [1.165, 1.54) is 23.6 Å². The molecular formula is C25H26ClFN4O6S3. The number of hydrogen-bond acceptors (Lipinski definition) is 8. The van der Waals surface area contributed by atoms with E-state index in [2.05, 4.69) is 14.4 Å². The first-order chi connectivity index (χ1) is 18.8. The highest BCUT2D eigenvalue weighted by atomic mass is 35.5. The average Bonchev–Trinajstić information content (AvgIpc) is 3.30. The standard InChI is InChI=1S/C25H26ClFN4O6S3/c1-39(34,35)28-9-15-11-38-24-22(15)40(36,37)30-23(29-24)19-21(32)18-12-2-4-13(5-3-12)20(18)31(25(19)33)10-14-6-7-16(27)8-17(14)26/h6-8,11-13,18,20,28,32H,2-5,9-10H2,1H3,(H,29,30)/t12?,13?,18-,20+/m1/s1. The number of hydrogen-bond donors (Lipinski definition) is 3. The molecule has 0 radical (unpaired) electrons. The van der Waals surface area contributed by atoms with Gasteiger partial charge in [-0.1, -0.05) is 17.7 Å². The zero-order valence-electron chi connectivity index (χ0n) is 21.2. The van der Waals surface area contributed by atoms with Crippen molar-refractivity contribution in [1.29, 1.82) is 0 Å². The smallest absolute Gasteiger partial charge is 0.287 e. The fraction of sp³-hybridized carbons (Fsp3) is 0.440. The first kappa shape index (κ1) is 27.6. The third-order valence-electron chi connectivity index (χ3n) is 8.22. The van der Waals surface area contributed by atoms with Crippen molar-refractivity contribution in [2.75, 3.05) is 11.6 Å². The lowest BCUT2D eigenvalue weighted by Gasteiger charge is -2.54. The molecule has 2 aromatic rings. The molecular weight excluding hydrogens is 603 g/mol. The van der Waals surface area contributed by atoms with Crippen LogP contribution in [0.3, 0.4) is 0 Å². The second kappa shape index (κ2) is 9.79. The van der Waals surface area contributed by atoms with Crippen LogP contribution < -0.4 is 10.0 Å². The van der Waals surface area contributed by atoms with Crippen molar-refractivity contribution in [2.45, 2.75) is 49.7 Å². The van der Waals surface area contributed by atoms with Crippen LogP contribution in [0, 0.1) is 23.6 Å². The number of anilines is 1. The molecule has 15 heteroatoms. The van der Waals surface area contributed by atoms with Crippen molar-refractivity contribution < 1.29 is 31.1 Å². The fourth-order valence-electron chi connectivity index (χ4n) is 6.53. The number of carbonyl (C=O) groups excluding carboxylic acids is 1. The molecule has 1 aromatic carbocycles. The largest absolute Gasteiger partial charge is 0.511 e. The van der Waals surface area contributed by atoms with E-state index in [9.17, 15) is 31.1 Å². The van der Waals surface area contributed by atoms with Gasteiger partial charge in [-0.15, -0.1) is 15.7 Å². The minimum Gasteiger partial charge on any atom is -0.511 e. The zero-order chi connectivity index (χ0) is 28.6. The second-order valence-electron chi connectivity index (χ2n) is 10.7. The number of benzene rings is 1. The van der Waals surface area contributed by atoms with Crippen molar-refractivity contribution in [2.24, 2.45) is 22.2 Å². The van der Waals surface area contributed by atoms with Crippen LogP contribution in [0.25, 0.3) is 0 Å². The number of amides is 1. The lowest BCUT2D eigenvalue weighted by molar-refractivity contribution is -0.140. The molecule has 2 atom stereocenters. The van der Waals surface area contributed by atoms with Gasteiger partial charge in [0.1, 0.15) is 27.0 Å². The van der Waals surface area contributed by atoms with E-state index in [0.29, 0.717) is 5.56 Å². The van der Waals surface area contributed by atoms with E-state index in [0.717, 1.165) is 43.3 Å². The predicted octanol–water partition coefficient (Wildman–Crippen LogP) is 3.76. The molecule has 1 amide bonds. The SMILES string of the molecule is CS(=O)(=O)NCc1csc2c1S(=O)(=O)N=C(C1=C(O)[C@@H]3C4CCC(CC4)[C@@H]3N(Cc3ccc(F)cc3Cl)C1=O)N2. The number of nitrogens with zero attached hydrogens (tertiary/aromatic N) is 2. The van der Waals surface area contributed by atoms with Crippen LogP contribution in [0.4, 0.5) is 9.39 Å². The van der Waals surface area contributed by atoms with Crippen LogP contribution in [0.15, 0.2) is 44.2 Å². The summed E-state index contributed by atoms with van der Waals surface area (Å²) in [6, 6.07) is 3.65. The number of rotatable bonds is 6. The van der Waals surface area contributed by atoms with Crippen molar-refractivity contribution >= 4 is 59.7 Å². The molecule has 3 N–H and O–H groups in total. The molecule has 0 spiro atoms. The Hall–Kier alpha value is -2.52. The third-order valence-corrected chi connectivity index (χ3v) is 11.7. The predicted molar refractivity (Wildman–Crippen MR) is 149 cm³/mol. The van der Waals surface area contributed by atoms with Gasteiger partial charge >= 0.3 is 0 Å². The highest BCUT2D eigenvalue weighted by Gasteiger charge is 2.54. The van der Waals surface area contributed by atoms with E-state index in [-0.39, 0.29) is 68.6 Å². The van der Waals surface area contributed by atoms with Gasteiger partial charge in [-0.05, 0) is 60.6 Å². The van der Waals surface area contributed by atoms with Gasteiger partial charge in [0, 0.05) is 35.6 Å². The number of carbonyl (C=O) groups is 1. The summed E-state index contributed by atoms with van der Waals surface area (Å²) in [6.07, 6.45) is 4.55. The molecule has 0 saturated heterocycles. The van der Waals surface area contributed by atoms with Gasteiger partial charge in [-0.25, -0.2) is 17.5 Å². The molecule has 214 valence electrons. The molecule has 5 aliphatic rings. The summed E-state index contributed by atoms with van der Waals surface area (Å²) < 4.78 is 69.7. The average molecular weight is 629 g/mol. The topological polar surface area (TPSA) is 145 Å². The number of halogens is 2. The number of fused-ring (bicyclic) bond motifs is 3. The van der Waals surface area contributed by atoms with Crippen LogP contribution >= 0.6 is 22.9 Å². The van der Waals surface area contributed by atoms with Gasteiger partial charge in [0.2, 0.25) is 10.0 Å². The zero-order valence-corrected chi connectivity index (χ0v) is 24.4. The molecule has 2 bridgehead atoms. The summed E-state index contributed by atoms with van der Waals surface area (Å²) in [5, 5.41) is 16.3. The Morgan fingerprint density at radius 3 is 2.60 bits per heavy atom. The summed E-state index contributed by atoms with van der Waals surface area (Å²) in [4.78, 5) is 15.5. The van der Waals surface area contributed by atoms with E-state index >= 15 is 0 Å². The number of thiophene rings is 1. The Balaban J connectivity index is 1.41. The molecule has 10 nitrogen and oxygen atoms in total. The maximum atomic E-state index is 14.1. The van der Waals surface area contributed by atoms with E-state index in [1.54, 1.807) is 4.90 Å². The van der Waals surface area contributed by atoms with E-state index < -0.39 is 37.7 Å². The van der Waals surface area contributed by atoms with E-state index in [1.807, 2.05) is 0 Å². The highest BCUT2D eigenvalue weighted by Crippen LogP contribution is 2.53. The van der Waals surface area contributed by atoms with Crippen LogP contribution in [0.2, 0.25) is 5.02 Å². The number of amidine groups is 1. The van der Waals surface area contributed by atoms with Crippen molar-refractivity contribution in [3.05, 3.63) is 56.9 Å². The minimum atomic E-state index is -4.35. The Kier molecular flexibility index (Phi) is 6.77. The van der Waals surface area contributed by atoms with Gasteiger partial charge < -0.3 is 15.3 Å². The molecule has 2 aliphatic heterocycles. The normalized spacial score (nSPS) is 27.2. The third kappa shape index (κ3) is 4.73. The number of aliphatic hydroxyl groups excluding tert-OH is 1. The summed E-state index contributed by atoms with van der Waals surface area (Å²) in [6.45, 7) is -0.187. The summed E-state index contributed by atoms with van der Waals surface area (Å²) in [7, 11) is -7.92.